The lowest BCUT2D eigenvalue weighted by Gasteiger charge is -2.26. The molecule has 0 aliphatic rings. The predicted molar refractivity (Wildman–Crippen MR) is 106 cm³/mol. The van der Waals surface area contributed by atoms with Gasteiger partial charge in [-0.2, -0.15) is 0 Å². The van der Waals surface area contributed by atoms with Crippen molar-refractivity contribution in [2.45, 2.75) is 53.6 Å². The van der Waals surface area contributed by atoms with E-state index in [0.29, 0.717) is 47.2 Å². The van der Waals surface area contributed by atoms with Crippen molar-refractivity contribution in [2.24, 2.45) is 5.41 Å². The van der Waals surface area contributed by atoms with Crippen molar-refractivity contribution < 1.29 is 19.4 Å². The molecule has 7 heteroatoms. The van der Waals surface area contributed by atoms with Gasteiger partial charge in [-0.1, -0.05) is 40.2 Å². The van der Waals surface area contributed by atoms with Crippen LogP contribution in [0.2, 0.25) is 0 Å². The Hall–Kier alpha value is -2.83. The molecule has 0 bridgehead atoms. The summed E-state index contributed by atoms with van der Waals surface area (Å²) in [6.45, 7) is 8.68. The molecule has 1 amide bonds. The van der Waals surface area contributed by atoms with Crippen molar-refractivity contribution in [1.29, 1.82) is 0 Å². The van der Waals surface area contributed by atoms with Crippen molar-refractivity contribution in [2.75, 3.05) is 6.61 Å². The number of carboxylic acid groups (broad SMARTS) is 1. The first-order valence-electron chi connectivity index (χ1n) is 9.40. The van der Waals surface area contributed by atoms with Gasteiger partial charge in [0.25, 0.3) is 5.56 Å². The number of amides is 1. The monoisotopic (exact) mass is 387 g/mol. The first-order valence-corrected chi connectivity index (χ1v) is 9.40. The molecule has 0 saturated heterocycles. The Morgan fingerprint density at radius 3 is 2.57 bits per heavy atom. The number of nitrogens with zero attached hydrogens (tertiary/aromatic N) is 1. The van der Waals surface area contributed by atoms with Gasteiger partial charge in [0.1, 0.15) is 18.1 Å². The molecule has 1 aromatic carbocycles. The van der Waals surface area contributed by atoms with Gasteiger partial charge in [-0.05, 0) is 24.0 Å². The quantitative estimate of drug-likeness (QED) is 0.554. The van der Waals surface area contributed by atoms with Gasteiger partial charge < -0.3 is 24.5 Å². The van der Waals surface area contributed by atoms with Crippen LogP contribution in [0.4, 0.5) is 4.79 Å². The minimum atomic E-state index is -1.43. The lowest BCUT2D eigenvalue weighted by Crippen LogP contribution is -2.38. The Bertz CT molecular complexity index is 925. The summed E-state index contributed by atoms with van der Waals surface area (Å²) in [6.07, 6.45) is 0.998. The highest BCUT2D eigenvalue weighted by atomic mass is 16.5. The molecule has 28 heavy (non-hydrogen) atoms. The van der Waals surface area contributed by atoms with Crippen LogP contribution in [0.25, 0.3) is 10.8 Å². The molecule has 0 spiro atoms. The van der Waals surface area contributed by atoms with E-state index in [1.807, 2.05) is 27.7 Å². The van der Waals surface area contributed by atoms with Crippen LogP contribution in [0.3, 0.4) is 0 Å². The van der Waals surface area contributed by atoms with Crippen molar-refractivity contribution in [3.8, 4) is 5.75 Å². The smallest absolute Gasteiger partial charge is 0.258 e. The third kappa shape index (κ3) is 5.12. The molecule has 0 aliphatic carbocycles. The number of nitrogens with one attached hydrogen (secondary N) is 1. The summed E-state index contributed by atoms with van der Waals surface area (Å²) in [6, 6.07) is 4.81. The SMILES string of the molecule is CCCCOc1c(CNC(=O)[O-])n(CC(C)(C)C)c(=O)c2ccc(C=O)cc12. The fraction of sp³-hybridized carbons (Fsp3) is 0.476. The average molecular weight is 387 g/mol. The van der Waals surface area contributed by atoms with E-state index in [4.69, 9.17) is 4.74 Å². The first-order chi connectivity index (χ1) is 13.2. The van der Waals surface area contributed by atoms with Crippen LogP contribution >= 0.6 is 0 Å². The van der Waals surface area contributed by atoms with Crippen LogP contribution in [0.15, 0.2) is 23.0 Å². The summed E-state index contributed by atoms with van der Waals surface area (Å²) in [5.74, 6) is 0.421. The number of benzene rings is 1. The molecule has 1 aromatic heterocycles. The first kappa shape index (κ1) is 21.5. The number of hydrogen-bond donors (Lipinski definition) is 1. The number of unbranched alkanes of at least 4 members (excludes halogenated alkanes) is 1. The standard InChI is InChI=1S/C21H28N2O5/c1-5-6-9-28-18-16-10-14(12-24)7-8-15(16)19(25)23(13-21(2,3)4)17(18)11-22-20(26)27/h7-8,10,12,22H,5-6,9,11,13H2,1-4H3,(H,26,27)/p-1. The van der Waals surface area contributed by atoms with Gasteiger partial charge in [0.05, 0.1) is 24.2 Å². The zero-order chi connectivity index (χ0) is 20.9. The lowest BCUT2D eigenvalue weighted by atomic mass is 9.96. The van der Waals surface area contributed by atoms with E-state index in [9.17, 15) is 19.5 Å². The Balaban J connectivity index is 2.80. The number of pyridine rings is 1. The Labute approximate surface area is 164 Å². The number of aromatic nitrogens is 1. The number of rotatable bonds is 8. The minimum Gasteiger partial charge on any atom is -0.530 e. The van der Waals surface area contributed by atoms with Crippen molar-refractivity contribution in [3.05, 3.63) is 39.8 Å². The van der Waals surface area contributed by atoms with Crippen LogP contribution in [-0.2, 0) is 13.1 Å². The Morgan fingerprint density at radius 1 is 1.29 bits per heavy atom. The largest absolute Gasteiger partial charge is 0.530 e. The molecule has 0 atom stereocenters. The highest BCUT2D eigenvalue weighted by molar-refractivity contribution is 5.93. The molecular formula is C21H27N2O5-. The fourth-order valence-electron chi connectivity index (χ4n) is 3.01. The molecule has 0 unspecified atom stereocenters. The summed E-state index contributed by atoms with van der Waals surface area (Å²) < 4.78 is 7.56. The van der Waals surface area contributed by atoms with E-state index in [-0.39, 0.29) is 17.5 Å². The van der Waals surface area contributed by atoms with Crippen LogP contribution in [0.1, 0.15) is 56.6 Å². The van der Waals surface area contributed by atoms with Crippen LogP contribution < -0.4 is 20.7 Å². The lowest BCUT2D eigenvalue weighted by molar-refractivity contribution is -0.251. The molecular weight excluding hydrogens is 360 g/mol. The topological polar surface area (TPSA) is 100 Å². The van der Waals surface area contributed by atoms with E-state index in [0.717, 1.165) is 12.8 Å². The minimum absolute atomic E-state index is 0.129. The number of aldehydes is 1. The summed E-state index contributed by atoms with van der Waals surface area (Å²) in [5.41, 5.74) is 0.368. The molecule has 0 saturated carbocycles. The van der Waals surface area contributed by atoms with E-state index in [1.54, 1.807) is 22.8 Å². The summed E-state index contributed by atoms with van der Waals surface area (Å²) in [5, 5.41) is 14.2. The average Bonchev–Trinajstić information content (AvgIpc) is 2.62. The molecule has 2 rings (SSSR count). The predicted octanol–water partition coefficient (Wildman–Crippen LogP) is 2.47. The highest BCUT2D eigenvalue weighted by Crippen LogP contribution is 2.30. The Kier molecular flexibility index (Phi) is 6.83. The third-order valence-corrected chi connectivity index (χ3v) is 4.26. The number of fused-ring (bicyclic) bond motifs is 1. The van der Waals surface area contributed by atoms with E-state index < -0.39 is 6.09 Å². The van der Waals surface area contributed by atoms with Crippen molar-refractivity contribution >= 4 is 23.2 Å². The summed E-state index contributed by atoms with van der Waals surface area (Å²) in [4.78, 5) is 35.4. The Morgan fingerprint density at radius 2 is 2.00 bits per heavy atom. The van der Waals surface area contributed by atoms with Gasteiger partial charge in [0.15, 0.2) is 0 Å². The summed E-state index contributed by atoms with van der Waals surface area (Å²) in [7, 11) is 0. The molecule has 7 nitrogen and oxygen atoms in total. The van der Waals surface area contributed by atoms with Gasteiger partial charge in [0, 0.05) is 17.5 Å². The number of hydrogen-bond acceptors (Lipinski definition) is 5. The number of ether oxygens (including phenoxy) is 1. The third-order valence-electron chi connectivity index (χ3n) is 4.26. The maximum Gasteiger partial charge on any atom is 0.258 e. The van der Waals surface area contributed by atoms with Gasteiger partial charge in [-0.3, -0.25) is 9.59 Å². The van der Waals surface area contributed by atoms with E-state index >= 15 is 0 Å². The van der Waals surface area contributed by atoms with Gasteiger partial charge >= 0.3 is 0 Å². The molecule has 152 valence electrons. The normalized spacial score (nSPS) is 11.4. The second-order valence-electron chi connectivity index (χ2n) is 7.99. The molecule has 1 heterocycles. The van der Waals surface area contributed by atoms with E-state index in [1.165, 1.54) is 0 Å². The molecule has 2 aromatic rings. The second kappa shape index (κ2) is 8.91. The van der Waals surface area contributed by atoms with Gasteiger partial charge in [-0.25, -0.2) is 0 Å². The van der Waals surface area contributed by atoms with Gasteiger partial charge in [0.2, 0.25) is 0 Å². The van der Waals surface area contributed by atoms with Crippen LogP contribution in [0, 0.1) is 5.41 Å². The zero-order valence-electron chi connectivity index (χ0n) is 16.8. The molecule has 1 N–H and O–H groups in total. The van der Waals surface area contributed by atoms with Gasteiger partial charge in [-0.15, -0.1) is 0 Å². The second-order valence-corrected chi connectivity index (χ2v) is 7.99. The maximum absolute atomic E-state index is 13.2. The number of carbonyl (C=O) groups is 2. The molecule has 0 radical (unpaired) electrons. The van der Waals surface area contributed by atoms with E-state index in [2.05, 4.69) is 5.32 Å². The van der Waals surface area contributed by atoms with Crippen LogP contribution in [-0.4, -0.2) is 23.6 Å². The molecule has 0 aliphatic heterocycles. The zero-order valence-corrected chi connectivity index (χ0v) is 16.8. The molecule has 0 fully saturated rings. The fourth-order valence-corrected chi connectivity index (χ4v) is 3.01. The van der Waals surface area contributed by atoms with Crippen LogP contribution in [0.5, 0.6) is 5.75 Å². The highest BCUT2D eigenvalue weighted by Gasteiger charge is 2.22. The number of carbonyl (C=O) groups excluding carboxylic acids is 2. The van der Waals surface area contributed by atoms with Crippen molar-refractivity contribution in [1.82, 2.24) is 9.88 Å². The van der Waals surface area contributed by atoms with Crippen molar-refractivity contribution in [3.63, 3.8) is 0 Å². The summed E-state index contributed by atoms with van der Waals surface area (Å²) >= 11 is 0. The maximum atomic E-state index is 13.2.